The number of piperidine rings is 1. The lowest BCUT2D eigenvalue weighted by atomic mass is 9.69. The van der Waals surface area contributed by atoms with E-state index in [4.69, 9.17) is 18.9 Å². The highest BCUT2D eigenvalue weighted by Crippen LogP contribution is 2.72. The third-order valence-corrected chi connectivity index (χ3v) is 9.03. The predicted molar refractivity (Wildman–Crippen MR) is 102 cm³/mol. The van der Waals surface area contributed by atoms with Crippen LogP contribution < -0.4 is 0 Å². The number of ether oxygens (including phenoxy) is 4. The van der Waals surface area contributed by atoms with Crippen molar-refractivity contribution in [3.63, 3.8) is 0 Å². The van der Waals surface area contributed by atoms with E-state index >= 15 is 0 Å². The summed E-state index contributed by atoms with van der Waals surface area (Å²) in [6.07, 6.45) is 2.59. The number of esters is 1. The van der Waals surface area contributed by atoms with Crippen LogP contribution in [0.3, 0.4) is 0 Å². The van der Waals surface area contributed by atoms with Crippen LogP contribution in [0.25, 0.3) is 0 Å². The van der Waals surface area contributed by atoms with Gasteiger partial charge in [0.1, 0.15) is 11.9 Å². The van der Waals surface area contributed by atoms with Gasteiger partial charge in [0.2, 0.25) is 0 Å². The Morgan fingerprint density at radius 2 is 2.17 bits per heavy atom. The van der Waals surface area contributed by atoms with Crippen molar-refractivity contribution < 1.29 is 28.8 Å². The van der Waals surface area contributed by atoms with E-state index in [0.29, 0.717) is 17.4 Å². The smallest absolute Gasteiger partial charge is 0.338 e. The Bertz CT molecular complexity index is 798. The average Bonchev–Trinajstić information content (AvgIpc) is 3.40. The fraction of sp³-hybridized carbons (Fsp3) is 0.864. The third kappa shape index (κ3) is 1.92. The second-order valence-corrected chi connectivity index (χ2v) is 9.91. The minimum absolute atomic E-state index is 0.104. The van der Waals surface area contributed by atoms with Gasteiger partial charge in [-0.1, -0.05) is 13.8 Å². The van der Waals surface area contributed by atoms with Crippen LogP contribution in [0.1, 0.15) is 46.5 Å². The van der Waals surface area contributed by atoms with Gasteiger partial charge in [-0.05, 0) is 45.1 Å². The summed E-state index contributed by atoms with van der Waals surface area (Å²) >= 11 is 0. The first-order valence-electron chi connectivity index (χ1n) is 11.1. The second-order valence-electron chi connectivity index (χ2n) is 9.91. The van der Waals surface area contributed by atoms with E-state index in [1.165, 1.54) is 0 Å². The molecule has 0 aromatic rings. The van der Waals surface area contributed by atoms with Gasteiger partial charge < -0.3 is 24.1 Å². The van der Waals surface area contributed by atoms with Crippen LogP contribution in [0.5, 0.6) is 0 Å². The van der Waals surface area contributed by atoms with E-state index < -0.39 is 11.9 Å². The highest BCUT2D eigenvalue weighted by molar-refractivity contribution is 5.91. The van der Waals surface area contributed by atoms with Crippen LogP contribution in [-0.2, 0) is 23.7 Å². The summed E-state index contributed by atoms with van der Waals surface area (Å²) in [7, 11) is 1.59. The molecule has 6 aliphatic rings. The molecule has 5 bridgehead atoms. The summed E-state index contributed by atoms with van der Waals surface area (Å²) in [6.45, 7) is 7.06. The van der Waals surface area contributed by atoms with Crippen molar-refractivity contribution in [2.75, 3.05) is 13.7 Å². The lowest BCUT2D eigenvalue weighted by molar-refractivity contribution is -0.280. The Kier molecular flexibility index (Phi) is 3.69. The van der Waals surface area contributed by atoms with Gasteiger partial charge in [-0.15, -0.1) is 0 Å². The molecule has 29 heavy (non-hydrogen) atoms. The lowest BCUT2D eigenvalue weighted by Crippen LogP contribution is -2.61. The number of hydrogen-bond donors (Lipinski definition) is 1. The molecule has 160 valence electrons. The number of cyclic esters (lactones) is 1. The van der Waals surface area contributed by atoms with Gasteiger partial charge in [0.15, 0.2) is 11.9 Å². The normalized spacial score (nSPS) is 55.0. The number of hydrogen-bond acceptors (Lipinski definition) is 7. The molecular weight excluding hydrogens is 374 g/mol. The van der Waals surface area contributed by atoms with Crippen molar-refractivity contribution in [3.05, 3.63) is 11.3 Å². The summed E-state index contributed by atoms with van der Waals surface area (Å²) in [5, 5.41) is 10.6. The molecule has 0 aromatic heterocycles. The predicted octanol–water partition coefficient (Wildman–Crippen LogP) is 1.59. The summed E-state index contributed by atoms with van der Waals surface area (Å²) in [6, 6.07) is 0.407. The number of carbonyl (C=O) groups is 1. The first kappa shape index (κ1) is 18.6. The van der Waals surface area contributed by atoms with Gasteiger partial charge in [-0.2, -0.15) is 0 Å². The van der Waals surface area contributed by atoms with Gasteiger partial charge in [0, 0.05) is 17.9 Å². The average molecular weight is 405 g/mol. The van der Waals surface area contributed by atoms with Gasteiger partial charge in [0.25, 0.3) is 0 Å². The van der Waals surface area contributed by atoms with E-state index in [1.54, 1.807) is 14.0 Å². The van der Waals surface area contributed by atoms with Crippen LogP contribution in [0.4, 0.5) is 0 Å². The molecule has 0 aromatic carbocycles. The zero-order chi connectivity index (χ0) is 20.3. The number of aliphatic hydroxyl groups excluding tert-OH is 1. The van der Waals surface area contributed by atoms with Gasteiger partial charge >= 0.3 is 5.97 Å². The van der Waals surface area contributed by atoms with E-state index in [9.17, 15) is 9.90 Å². The molecule has 1 unspecified atom stereocenters. The standard InChI is InChI=1S/C22H31NO6/c1-5-12(24)9-21-14-6-7-23(21)13-8-15(21)28-22(14)16(13)10(2)18(29-22)19-17(26-4)11(3)20(25)27-19/h10,12-16,18-19,24H,5-9H2,1-4H3/t10-,12-,13+,14+,15-,16+,18-,19-,21-,22+/m0/s1. The number of fused-ring (bicyclic) bond motifs is 1. The highest BCUT2D eigenvalue weighted by Gasteiger charge is 2.84. The van der Waals surface area contributed by atoms with Crippen molar-refractivity contribution in [2.24, 2.45) is 17.8 Å². The first-order chi connectivity index (χ1) is 13.9. The molecule has 5 saturated heterocycles. The fourth-order valence-corrected chi connectivity index (χ4v) is 8.02. The maximum atomic E-state index is 12.2. The Labute approximate surface area is 171 Å². The summed E-state index contributed by atoms with van der Waals surface area (Å²) in [5.74, 6) is 0.335. The molecule has 0 radical (unpaired) electrons. The zero-order valence-corrected chi connectivity index (χ0v) is 17.6. The van der Waals surface area contributed by atoms with Crippen molar-refractivity contribution in [2.45, 2.75) is 88.2 Å². The minimum atomic E-state index is -0.625. The molecule has 0 amide bonds. The van der Waals surface area contributed by atoms with E-state index in [0.717, 1.165) is 32.2 Å². The Morgan fingerprint density at radius 1 is 1.38 bits per heavy atom. The van der Waals surface area contributed by atoms with E-state index in [-0.39, 0.29) is 47.6 Å². The molecular formula is C22H31NO6. The number of carbonyl (C=O) groups excluding carboxylic acids is 1. The largest absolute Gasteiger partial charge is 0.496 e. The highest BCUT2D eigenvalue weighted by atomic mass is 16.7. The van der Waals surface area contributed by atoms with Crippen molar-refractivity contribution in [3.8, 4) is 0 Å². The summed E-state index contributed by atoms with van der Waals surface area (Å²) in [4.78, 5) is 14.9. The van der Waals surface area contributed by atoms with Crippen molar-refractivity contribution in [1.82, 2.24) is 4.90 Å². The van der Waals surface area contributed by atoms with E-state index in [1.807, 2.05) is 6.92 Å². The molecule has 1 spiro atoms. The topological polar surface area (TPSA) is 77.5 Å². The lowest BCUT2D eigenvalue weighted by Gasteiger charge is -2.49. The molecule has 11 atom stereocenters. The fourth-order valence-electron chi connectivity index (χ4n) is 8.02. The molecule has 0 aliphatic carbocycles. The number of nitrogens with zero attached hydrogens (tertiary/aromatic N) is 1. The molecule has 0 saturated carbocycles. The van der Waals surface area contributed by atoms with Crippen LogP contribution in [-0.4, -0.2) is 71.4 Å². The molecule has 5 fully saturated rings. The Balaban J connectivity index is 1.39. The second kappa shape index (κ2) is 5.75. The van der Waals surface area contributed by atoms with Crippen molar-refractivity contribution >= 4 is 5.97 Å². The maximum absolute atomic E-state index is 12.2. The SMILES string of the molecule is CC[C@H](O)C[C@@]12[C@@H]3C[C@@H]4[C@H]5[C@H](C)[C@@H]([C@H]6OC(=O)C(C)=C6OC)O[C@]5(O3)[C@@H]1CCN42. The number of aliphatic hydroxyl groups is 1. The maximum Gasteiger partial charge on any atom is 0.338 e. The molecule has 6 heterocycles. The van der Waals surface area contributed by atoms with Crippen LogP contribution in [0.2, 0.25) is 0 Å². The summed E-state index contributed by atoms with van der Waals surface area (Å²) in [5.41, 5.74) is 0.427. The zero-order valence-electron chi connectivity index (χ0n) is 17.6. The number of rotatable bonds is 5. The van der Waals surface area contributed by atoms with Crippen LogP contribution in [0.15, 0.2) is 11.3 Å². The van der Waals surface area contributed by atoms with E-state index in [2.05, 4.69) is 11.8 Å². The number of methoxy groups -OCH3 is 1. The minimum Gasteiger partial charge on any atom is -0.496 e. The Morgan fingerprint density at radius 3 is 2.90 bits per heavy atom. The Hall–Kier alpha value is -1.15. The van der Waals surface area contributed by atoms with Gasteiger partial charge in [0.05, 0.1) is 30.4 Å². The molecule has 7 heteroatoms. The van der Waals surface area contributed by atoms with Crippen LogP contribution >= 0.6 is 0 Å². The van der Waals surface area contributed by atoms with Gasteiger partial charge in [-0.3, -0.25) is 4.90 Å². The molecule has 7 nitrogen and oxygen atoms in total. The third-order valence-electron chi connectivity index (χ3n) is 9.03. The molecule has 6 rings (SSSR count). The molecule has 6 aliphatic heterocycles. The monoisotopic (exact) mass is 405 g/mol. The summed E-state index contributed by atoms with van der Waals surface area (Å²) < 4.78 is 24.8. The quantitative estimate of drug-likeness (QED) is 0.696. The first-order valence-corrected chi connectivity index (χ1v) is 11.1. The van der Waals surface area contributed by atoms with Crippen molar-refractivity contribution in [1.29, 1.82) is 0 Å². The van der Waals surface area contributed by atoms with Crippen LogP contribution in [0, 0.1) is 17.8 Å². The molecule has 1 N–H and O–H groups in total. The van der Waals surface area contributed by atoms with Gasteiger partial charge in [-0.25, -0.2) is 4.79 Å².